The third-order valence-corrected chi connectivity index (χ3v) is 2.39. The van der Waals surface area contributed by atoms with Crippen LogP contribution in [-0.4, -0.2) is 16.4 Å². The fourth-order valence-corrected chi connectivity index (χ4v) is 1.14. The van der Waals surface area contributed by atoms with Gasteiger partial charge in [0.1, 0.15) is 5.82 Å². The highest BCUT2D eigenvalue weighted by molar-refractivity contribution is 5.99. The lowest BCUT2D eigenvalue weighted by atomic mass is 10.2. The molecule has 1 amide bonds. The third kappa shape index (κ3) is 1.75. The minimum atomic E-state index is -0.632. The predicted molar refractivity (Wildman–Crippen MR) is 53.8 cm³/mol. The van der Waals surface area contributed by atoms with Gasteiger partial charge in [0.15, 0.2) is 0 Å². The van der Waals surface area contributed by atoms with Gasteiger partial charge in [-0.3, -0.25) is 4.79 Å². The molecule has 0 spiro atoms. The number of anilines is 1. The fourth-order valence-electron chi connectivity index (χ4n) is 1.14. The van der Waals surface area contributed by atoms with E-state index in [1.807, 2.05) is 13.0 Å². The maximum absolute atomic E-state index is 11.5. The Kier molecular flexibility index (Phi) is 2.00. The van der Waals surface area contributed by atoms with E-state index in [1.54, 1.807) is 12.3 Å². The second kappa shape index (κ2) is 3.06. The lowest BCUT2D eigenvalue weighted by Crippen LogP contribution is -2.38. The molecule has 0 unspecified atom stereocenters. The molecule has 1 aliphatic rings. The predicted octanol–water partition coefficient (Wildman–Crippen LogP) is 0.820. The number of aromatic nitrogens is 1. The second-order valence-corrected chi connectivity index (χ2v) is 3.83. The molecule has 3 N–H and O–H groups in total. The van der Waals surface area contributed by atoms with Crippen molar-refractivity contribution in [3.63, 3.8) is 0 Å². The summed E-state index contributed by atoms with van der Waals surface area (Å²) < 4.78 is 0. The van der Waals surface area contributed by atoms with E-state index < -0.39 is 5.54 Å². The molecule has 1 heterocycles. The van der Waals surface area contributed by atoms with E-state index in [0.29, 0.717) is 5.82 Å². The average Bonchev–Trinajstić information content (AvgIpc) is 2.89. The Morgan fingerprint density at radius 2 is 2.29 bits per heavy atom. The first kappa shape index (κ1) is 9.15. The van der Waals surface area contributed by atoms with Crippen LogP contribution in [0, 0.1) is 6.92 Å². The summed E-state index contributed by atoms with van der Waals surface area (Å²) in [6.07, 6.45) is 3.25. The second-order valence-electron chi connectivity index (χ2n) is 3.83. The molecule has 1 aliphatic carbocycles. The standard InChI is InChI=1S/C10H13N3O/c1-7-2-3-8(12-6-7)13-9(14)10(11)4-5-10/h2-3,6H,4-5,11H2,1H3,(H,12,13,14). The van der Waals surface area contributed by atoms with E-state index in [1.165, 1.54) is 0 Å². The minimum Gasteiger partial charge on any atom is -0.317 e. The summed E-state index contributed by atoms with van der Waals surface area (Å²) in [7, 11) is 0. The number of hydrogen-bond donors (Lipinski definition) is 2. The highest BCUT2D eigenvalue weighted by atomic mass is 16.2. The van der Waals surface area contributed by atoms with Crippen LogP contribution in [0.4, 0.5) is 5.82 Å². The summed E-state index contributed by atoms with van der Waals surface area (Å²) in [6.45, 7) is 1.95. The first-order chi connectivity index (χ1) is 6.60. The number of hydrogen-bond acceptors (Lipinski definition) is 3. The Morgan fingerprint density at radius 1 is 1.57 bits per heavy atom. The van der Waals surface area contributed by atoms with Crippen LogP contribution in [0.5, 0.6) is 0 Å². The van der Waals surface area contributed by atoms with Crippen LogP contribution < -0.4 is 11.1 Å². The van der Waals surface area contributed by atoms with Gasteiger partial charge < -0.3 is 11.1 Å². The Bertz CT molecular complexity index is 354. The van der Waals surface area contributed by atoms with Gasteiger partial charge in [-0.2, -0.15) is 0 Å². The zero-order valence-corrected chi connectivity index (χ0v) is 8.08. The summed E-state index contributed by atoms with van der Waals surface area (Å²) in [5.41, 5.74) is 6.16. The topological polar surface area (TPSA) is 68.0 Å². The molecule has 2 rings (SSSR count). The maximum Gasteiger partial charge on any atom is 0.245 e. The van der Waals surface area contributed by atoms with Crippen molar-refractivity contribution >= 4 is 11.7 Å². The summed E-state index contributed by atoms with van der Waals surface area (Å²) in [6, 6.07) is 3.68. The van der Waals surface area contributed by atoms with E-state index in [4.69, 9.17) is 5.73 Å². The van der Waals surface area contributed by atoms with Crippen LogP contribution in [-0.2, 0) is 4.79 Å². The summed E-state index contributed by atoms with van der Waals surface area (Å²) in [5.74, 6) is 0.436. The van der Waals surface area contributed by atoms with Gasteiger partial charge in [-0.15, -0.1) is 0 Å². The molecule has 0 aromatic carbocycles. The maximum atomic E-state index is 11.5. The van der Waals surface area contributed by atoms with E-state index in [2.05, 4.69) is 10.3 Å². The number of amides is 1. The highest BCUT2D eigenvalue weighted by Gasteiger charge is 2.46. The molecule has 1 aromatic heterocycles. The number of nitrogens with one attached hydrogen (secondary N) is 1. The summed E-state index contributed by atoms with van der Waals surface area (Å²) >= 11 is 0. The molecule has 0 atom stereocenters. The van der Waals surface area contributed by atoms with Gasteiger partial charge in [0, 0.05) is 6.20 Å². The normalized spacial score (nSPS) is 17.6. The van der Waals surface area contributed by atoms with Crippen molar-refractivity contribution in [2.75, 3.05) is 5.32 Å². The molecule has 0 aliphatic heterocycles. The SMILES string of the molecule is Cc1ccc(NC(=O)C2(N)CC2)nc1. The molecule has 0 radical (unpaired) electrons. The summed E-state index contributed by atoms with van der Waals surface area (Å²) in [5, 5.41) is 2.70. The molecule has 74 valence electrons. The zero-order chi connectivity index (χ0) is 10.2. The number of pyridine rings is 1. The molecule has 1 saturated carbocycles. The van der Waals surface area contributed by atoms with Gasteiger partial charge >= 0.3 is 0 Å². The number of rotatable bonds is 2. The third-order valence-electron chi connectivity index (χ3n) is 2.39. The Morgan fingerprint density at radius 3 is 2.79 bits per heavy atom. The lowest BCUT2D eigenvalue weighted by Gasteiger charge is -2.08. The largest absolute Gasteiger partial charge is 0.317 e. The van der Waals surface area contributed by atoms with Gasteiger partial charge in [-0.1, -0.05) is 6.07 Å². The van der Waals surface area contributed by atoms with Crippen LogP contribution in [0.1, 0.15) is 18.4 Å². The van der Waals surface area contributed by atoms with Crippen molar-refractivity contribution in [1.82, 2.24) is 4.98 Å². The molecular formula is C10H13N3O. The number of carbonyl (C=O) groups excluding carboxylic acids is 1. The van der Waals surface area contributed by atoms with Crippen LogP contribution in [0.15, 0.2) is 18.3 Å². The Labute approximate surface area is 82.5 Å². The van der Waals surface area contributed by atoms with Crippen LogP contribution in [0.25, 0.3) is 0 Å². The first-order valence-corrected chi connectivity index (χ1v) is 4.63. The van der Waals surface area contributed by atoms with Crippen molar-refractivity contribution < 1.29 is 4.79 Å². The monoisotopic (exact) mass is 191 g/mol. The fraction of sp³-hybridized carbons (Fsp3) is 0.400. The average molecular weight is 191 g/mol. The quantitative estimate of drug-likeness (QED) is 0.727. The van der Waals surface area contributed by atoms with E-state index >= 15 is 0 Å². The molecule has 1 aromatic rings. The van der Waals surface area contributed by atoms with Gasteiger partial charge in [-0.05, 0) is 31.4 Å². The van der Waals surface area contributed by atoms with Crippen LogP contribution in [0.3, 0.4) is 0 Å². The van der Waals surface area contributed by atoms with Crippen molar-refractivity contribution in [3.8, 4) is 0 Å². The molecule has 0 bridgehead atoms. The van der Waals surface area contributed by atoms with E-state index in [9.17, 15) is 4.79 Å². The molecular weight excluding hydrogens is 178 g/mol. The number of nitrogens with two attached hydrogens (primary N) is 1. The van der Waals surface area contributed by atoms with E-state index in [0.717, 1.165) is 18.4 Å². The van der Waals surface area contributed by atoms with Gasteiger partial charge in [-0.25, -0.2) is 4.98 Å². The van der Waals surface area contributed by atoms with Gasteiger partial charge in [0.25, 0.3) is 0 Å². The molecule has 0 saturated heterocycles. The number of carbonyl (C=O) groups is 1. The van der Waals surface area contributed by atoms with Crippen molar-refractivity contribution in [1.29, 1.82) is 0 Å². The molecule has 4 nitrogen and oxygen atoms in total. The minimum absolute atomic E-state index is 0.131. The smallest absolute Gasteiger partial charge is 0.245 e. The van der Waals surface area contributed by atoms with Gasteiger partial charge in [0.05, 0.1) is 5.54 Å². The lowest BCUT2D eigenvalue weighted by molar-refractivity contribution is -0.118. The molecule has 4 heteroatoms. The first-order valence-electron chi connectivity index (χ1n) is 4.63. The van der Waals surface area contributed by atoms with Crippen LogP contribution in [0.2, 0.25) is 0 Å². The number of nitrogens with zero attached hydrogens (tertiary/aromatic N) is 1. The van der Waals surface area contributed by atoms with Crippen molar-refractivity contribution in [2.24, 2.45) is 5.73 Å². The Hall–Kier alpha value is -1.42. The van der Waals surface area contributed by atoms with Crippen LogP contribution >= 0.6 is 0 Å². The summed E-state index contributed by atoms with van der Waals surface area (Å²) in [4.78, 5) is 15.6. The van der Waals surface area contributed by atoms with E-state index in [-0.39, 0.29) is 5.91 Å². The number of aryl methyl sites for hydroxylation is 1. The Balaban J connectivity index is 2.04. The molecule has 14 heavy (non-hydrogen) atoms. The van der Waals surface area contributed by atoms with Crippen molar-refractivity contribution in [3.05, 3.63) is 23.9 Å². The van der Waals surface area contributed by atoms with Crippen molar-refractivity contribution in [2.45, 2.75) is 25.3 Å². The van der Waals surface area contributed by atoms with Gasteiger partial charge in [0.2, 0.25) is 5.91 Å². The zero-order valence-electron chi connectivity index (χ0n) is 8.08. The molecule has 1 fully saturated rings. The highest BCUT2D eigenvalue weighted by Crippen LogP contribution is 2.33.